The van der Waals surface area contributed by atoms with Crippen molar-refractivity contribution in [2.24, 2.45) is 0 Å². The summed E-state index contributed by atoms with van der Waals surface area (Å²) in [7, 11) is 2.04. The molecule has 0 aliphatic carbocycles. The number of rotatable bonds is 5. The summed E-state index contributed by atoms with van der Waals surface area (Å²) in [6, 6.07) is 2.39. The molecule has 0 aromatic carbocycles. The molecule has 0 spiro atoms. The summed E-state index contributed by atoms with van der Waals surface area (Å²) in [6.07, 6.45) is 3.50. The van der Waals surface area contributed by atoms with Crippen LogP contribution in [0.3, 0.4) is 0 Å². The van der Waals surface area contributed by atoms with E-state index in [1.165, 1.54) is 17.5 Å². The second kappa shape index (κ2) is 10.7. The molecule has 2 aliphatic rings. The number of anilines is 1. The first-order valence-electron chi connectivity index (χ1n) is 10.7. The van der Waals surface area contributed by atoms with Gasteiger partial charge in [0.25, 0.3) is 11.8 Å². The van der Waals surface area contributed by atoms with Crippen LogP contribution in [0.5, 0.6) is 0 Å². The van der Waals surface area contributed by atoms with Crippen molar-refractivity contribution in [2.75, 3.05) is 32.0 Å². The number of hydrogen-bond acceptors (Lipinski definition) is 8. The van der Waals surface area contributed by atoms with Crippen molar-refractivity contribution in [3.8, 4) is 0 Å². The van der Waals surface area contributed by atoms with Crippen LogP contribution in [-0.4, -0.2) is 81.7 Å². The van der Waals surface area contributed by atoms with Gasteiger partial charge in [-0.1, -0.05) is 23.8 Å². The van der Waals surface area contributed by atoms with Gasteiger partial charge in [-0.2, -0.15) is 0 Å². The number of nitrogens with zero attached hydrogens (tertiary/aromatic N) is 4. The topological polar surface area (TPSA) is 120 Å². The van der Waals surface area contributed by atoms with Crippen LogP contribution in [0.25, 0.3) is 0 Å². The smallest absolute Gasteiger partial charge is 0.284 e. The van der Waals surface area contributed by atoms with E-state index in [1.807, 2.05) is 7.05 Å². The molecule has 3 N–H and O–H groups in total. The van der Waals surface area contributed by atoms with Crippen LogP contribution in [0.15, 0.2) is 18.3 Å². The summed E-state index contributed by atoms with van der Waals surface area (Å²) < 4.78 is 0. The van der Waals surface area contributed by atoms with E-state index in [0.29, 0.717) is 35.4 Å². The van der Waals surface area contributed by atoms with Gasteiger partial charge in [0.1, 0.15) is 5.82 Å². The lowest BCUT2D eigenvalue weighted by Crippen LogP contribution is -2.61. The molecule has 10 nitrogen and oxygen atoms in total. The lowest BCUT2D eigenvalue weighted by molar-refractivity contribution is -0.119. The van der Waals surface area contributed by atoms with E-state index in [0.717, 1.165) is 36.5 Å². The number of aromatic nitrogens is 2. The normalized spacial score (nSPS) is 20.2. The third-order valence-corrected chi connectivity index (χ3v) is 7.33. The van der Waals surface area contributed by atoms with Crippen molar-refractivity contribution in [1.29, 1.82) is 0 Å². The van der Waals surface area contributed by atoms with E-state index in [9.17, 15) is 14.4 Å². The number of thiocarbonyl (C=S) groups is 1. The average molecular weight is 522 g/mol. The highest BCUT2D eigenvalue weighted by Crippen LogP contribution is 2.24. The first kappa shape index (κ1) is 24.5. The van der Waals surface area contributed by atoms with Crippen molar-refractivity contribution in [3.63, 3.8) is 0 Å². The highest BCUT2D eigenvalue weighted by atomic mass is 35.5. The van der Waals surface area contributed by atoms with Gasteiger partial charge < -0.3 is 25.8 Å². The Balaban J connectivity index is 1.41. The van der Waals surface area contributed by atoms with E-state index < -0.39 is 11.9 Å². The summed E-state index contributed by atoms with van der Waals surface area (Å²) in [6.45, 7) is 2.46. The largest absolute Gasteiger partial charge is 0.367 e. The maximum Gasteiger partial charge on any atom is 0.284 e. The molecule has 0 radical (unpaired) electrons. The van der Waals surface area contributed by atoms with Gasteiger partial charge in [-0.05, 0) is 25.6 Å². The lowest BCUT2D eigenvalue weighted by Gasteiger charge is -2.37. The molecule has 180 valence electrons. The Morgan fingerprint density at radius 1 is 1.26 bits per heavy atom. The van der Waals surface area contributed by atoms with Gasteiger partial charge in [0.2, 0.25) is 6.41 Å². The summed E-state index contributed by atoms with van der Waals surface area (Å²) in [5.41, 5.74) is 0.967. The van der Waals surface area contributed by atoms with Gasteiger partial charge in [0.05, 0.1) is 22.8 Å². The van der Waals surface area contributed by atoms with Crippen LogP contribution >= 0.6 is 35.2 Å². The average Bonchev–Trinajstić information content (AvgIpc) is 3.25. The van der Waals surface area contributed by atoms with Crippen LogP contribution in [-0.2, 0) is 22.6 Å². The second-order valence-corrected chi connectivity index (χ2v) is 10.2. The number of carbonyl (C=O) groups excluding carboxylic acids is 3. The summed E-state index contributed by atoms with van der Waals surface area (Å²) in [5, 5.41) is 9.49. The van der Waals surface area contributed by atoms with Gasteiger partial charge in [-0.25, -0.2) is 9.97 Å². The highest BCUT2D eigenvalue weighted by molar-refractivity contribution is 7.82. The molecule has 2 aliphatic heterocycles. The number of amides is 3. The molecule has 0 saturated carbocycles. The maximum absolute atomic E-state index is 13.0. The van der Waals surface area contributed by atoms with Crippen LogP contribution < -0.4 is 16.0 Å². The van der Waals surface area contributed by atoms with E-state index >= 15 is 0 Å². The lowest BCUT2D eigenvalue weighted by atomic mass is 9.99. The number of fused-ring (bicyclic) bond motifs is 1. The van der Waals surface area contributed by atoms with Crippen molar-refractivity contribution in [2.45, 2.75) is 31.5 Å². The molecule has 1 saturated heterocycles. The fourth-order valence-electron chi connectivity index (χ4n) is 3.90. The Kier molecular flexibility index (Phi) is 7.71. The molecule has 2 aromatic rings. The summed E-state index contributed by atoms with van der Waals surface area (Å²) in [4.78, 5) is 50.3. The van der Waals surface area contributed by atoms with Crippen molar-refractivity contribution in [3.05, 3.63) is 38.9 Å². The fourth-order valence-corrected chi connectivity index (χ4v) is 5.30. The van der Waals surface area contributed by atoms with Gasteiger partial charge in [-0.15, -0.1) is 11.3 Å². The number of pyridine rings is 1. The number of nitrogens with one attached hydrogen (secondary N) is 3. The van der Waals surface area contributed by atoms with Crippen molar-refractivity contribution < 1.29 is 14.4 Å². The Labute approximate surface area is 211 Å². The zero-order chi connectivity index (χ0) is 24.2. The first-order valence-corrected chi connectivity index (χ1v) is 12.3. The minimum absolute atomic E-state index is 0.0340. The van der Waals surface area contributed by atoms with Gasteiger partial charge in [0, 0.05) is 43.7 Å². The molecule has 13 heteroatoms. The van der Waals surface area contributed by atoms with Crippen LogP contribution in [0.1, 0.15) is 26.8 Å². The Morgan fingerprint density at radius 3 is 2.82 bits per heavy atom. The van der Waals surface area contributed by atoms with Gasteiger partial charge >= 0.3 is 0 Å². The Morgan fingerprint density at radius 2 is 2.09 bits per heavy atom. The Bertz CT molecular complexity index is 1090. The number of likely N-dealkylation sites (tertiary alicyclic amines) is 1. The Hall–Kier alpha value is -2.67. The fraction of sp³-hybridized carbons (Fsp3) is 0.429. The van der Waals surface area contributed by atoms with Crippen molar-refractivity contribution >= 4 is 64.2 Å². The molecular formula is C21H24ClN7O3S2. The summed E-state index contributed by atoms with van der Waals surface area (Å²) in [5.74, 6) is -0.505. The molecule has 2 atom stereocenters. The SMILES string of the molecule is CN1CCc2nc(C(=O)N[C@@H]3CN(C=O)CC[C@@H]3NC(=S)C(=O)Nc3ccc(Cl)cn3)sc2C1. The van der Waals surface area contributed by atoms with E-state index in [2.05, 4.69) is 30.8 Å². The molecule has 3 amide bonds. The monoisotopic (exact) mass is 521 g/mol. The highest BCUT2D eigenvalue weighted by Gasteiger charge is 2.33. The number of carbonyl (C=O) groups is 3. The standard InChI is InChI=1S/C21H24ClN7O3S2/c1-28-6-4-14-16(10-28)34-21(26-14)19(32)24-15-9-29(11-30)7-5-13(15)25-20(33)18(31)27-17-3-2-12(22)8-23-17/h2-3,8,11,13,15H,4-7,9-10H2,1H3,(H,24,32)(H,25,33)(H,23,27,31)/t13-,15+/m0/s1. The molecule has 0 unspecified atom stereocenters. The minimum atomic E-state index is -0.524. The molecule has 4 rings (SSSR count). The number of hydrogen-bond donors (Lipinski definition) is 3. The van der Waals surface area contributed by atoms with Gasteiger partial charge in [0.15, 0.2) is 10.00 Å². The molecule has 4 heterocycles. The number of likely N-dealkylation sites (N-methyl/N-ethyl adjacent to an activating group) is 1. The number of halogens is 1. The number of thiazole rings is 1. The van der Waals surface area contributed by atoms with Crippen LogP contribution in [0.2, 0.25) is 5.02 Å². The molecule has 2 aromatic heterocycles. The third kappa shape index (κ3) is 5.87. The third-order valence-electron chi connectivity index (χ3n) is 5.72. The van der Waals surface area contributed by atoms with E-state index in [4.69, 9.17) is 23.8 Å². The molecule has 1 fully saturated rings. The maximum atomic E-state index is 13.0. The molecular weight excluding hydrogens is 498 g/mol. The minimum Gasteiger partial charge on any atom is -0.367 e. The van der Waals surface area contributed by atoms with Crippen LogP contribution in [0.4, 0.5) is 5.82 Å². The zero-order valence-corrected chi connectivity index (χ0v) is 20.8. The van der Waals surface area contributed by atoms with Gasteiger partial charge in [-0.3, -0.25) is 14.4 Å². The summed E-state index contributed by atoms with van der Waals surface area (Å²) >= 11 is 12.5. The molecule has 0 bridgehead atoms. The second-order valence-electron chi connectivity index (χ2n) is 8.24. The molecule has 34 heavy (non-hydrogen) atoms. The van der Waals surface area contributed by atoms with Crippen LogP contribution in [0, 0.1) is 0 Å². The predicted octanol–water partition coefficient (Wildman–Crippen LogP) is 1.06. The van der Waals surface area contributed by atoms with Crippen molar-refractivity contribution in [1.82, 2.24) is 30.4 Å². The van der Waals surface area contributed by atoms with E-state index in [-0.39, 0.29) is 16.9 Å². The first-order chi connectivity index (χ1) is 16.3. The zero-order valence-electron chi connectivity index (χ0n) is 18.4. The quantitative estimate of drug-likeness (QED) is 0.395. The predicted molar refractivity (Wildman–Crippen MR) is 133 cm³/mol. The number of piperidine rings is 1. The van der Waals surface area contributed by atoms with E-state index in [1.54, 1.807) is 17.0 Å².